The van der Waals surface area contributed by atoms with Crippen LogP contribution < -0.4 is 14.4 Å². The molecule has 0 bridgehead atoms. The number of benzene rings is 2. The predicted molar refractivity (Wildman–Crippen MR) is 105 cm³/mol. The van der Waals surface area contributed by atoms with Crippen LogP contribution in [-0.4, -0.2) is 51.3 Å². The van der Waals surface area contributed by atoms with Gasteiger partial charge < -0.3 is 24.5 Å². The highest BCUT2D eigenvalue weighted by Gasteiger charge is 2.21. The second-order valence-electron chi connectivity index (χ2n) is 7.35. The summed E-state index contributed by atoms with van der Waals surface area (Å²) in [6, 6.07) is 10.00. The van der Waals surface area contributed by atoms with Gasteiger partial charge in [0.15, 0.2) is 17.3 Å². The summed E-state index contributed by atoms with van der Waals surface area (Å²) in [6.45, 7) is 1.87. The molecule has 4 heterocycles. The number of piperidine rings is 1. The minimum absolute atomic E-state index is 0.239. The lowest BCUT2D eigenvalue weighted by atomic mass is 10.1. The molecular weight excluding hydrogens is 358 g/mol. The number of nitrogens with zero attached hydrogens (tertiary/aromatic N) is 3. The summed E-state index contributed by atoms with van der Waals surface area (Å²) in [4.78, 5) is 10.3. The first-order valence-corrected chi connectivity index (χ1v) is 9.45. The molecular formula is C20H19N5O3. The van der Waals surface area contributed by atoms with Crippen molar-refractivity contribution in [2.45, 2.75) is 18.9 Å². The van der Waals surface area contributed by atoms with Crippen molar-refractivity contribution in [3.05, 3.63) is 30.3 Å². The Balaban J connectivity index is 1.41. The third-order valence-electron chi connectivity index (χ3n) is 5.51. The highest BCUT2D eigenvalue weighted by Crippen LogP contribution is 2.38. The van der Waals surface area contributed by atoms with Crippen LogP contribution in [0.25, 0.3) is 33.5 Å². The molecule has 8 heteroatoms. The molecule has 1 unspecified atom stereocenters. The molecule has 4 aromatic rings. The van der Waals surface area contributed by atoms with Crippen molar-refractivity contribution in [1.29, 1.82) is 0 Å². The first kappa shape index (κ1) is 15.8. The number of anilines is 1. The van der Waals surface area contributed by atoms with Gasteiger partial charge in [-0.25, -0.2) is 4.98 Å². The molecule has 8 nitrogen and oxygen atoms in total. The van der Waals surface area contributed by atoms with Gasteiger partial charge in [-0.3, -0.25) is 5.10 Å². The zero-order valence-electron chi connectivity index (χ0n) is 15.1. The van der Waals surface area contributed by atoms with Gasteiger partial charge in [-0.05, 0) is 37.1 Å². The van der Waals surface area contributed by atoms with Crippen molar-refractivity contribution in [1.82, 2.24) is 20.2 Å². The average molecular weight is 377 g/mol. The van der Waals surface area contributed by atoms with Crippen LogP contribution in [0.1, 0.15) is 12.8 Å². The Kier molecular flexibility index (Phi) is 3.30. The number of nitrogens with one attached hydrogen (secondary N) is 2. The Morgan fingerprint density at radius 2 is 2.00 bits per heavy atom. The molecule has 0 amide bonds. The van der Waals surface area contributed by atoms with Crippen LogP contribution in [0.2, 0.25) is 0 Å². The third-order valence-corrected chi connectivity index (χ3v) is 5.51. The summed E-state index contributed by atoms with van der Waals surface area (Å²) in [5, 5.41) is 18.4. The van der Waals surface area contributed by atoms with Crippen LogP contribution in [0.15, 0.2) is 30.3 Å². The Morgan fingerprint density at radius 1 is 1.11 bits per heavy atom. The smallest absolute Gasteiger partial charge is 0.231 e. The van der Waals surface area contributed by atoms with Gasteiger partial charge in [-0.2, -0.15) is 5.10 Å². The molecule has 0 radical (unpaired) electrons. The summed E-state index contributed by atoms with van der Waals surface area (Å²) in [7, 11) is 0. The second-order valence-corrected chi connectivity index (χ2v) is 7.35. The number of imidazole rings is 1. The predicted octanol–water partition coefficient (Wildman–Crippen LogP) is 2.80. The van der Waals surface area contributed by atoms with E-state index in [0.717, 1.165) is 64.2 Å². The number of aliphatic hydroxyl groups is 1. The number of rotatable bonds is 2. The lowest BCUT2D eigenvalue weighted by Crippen LogP contribution is -2.38. The van der Waals surface area contributed by atoms with Crippen LogP contribution in [-0.2, 0) is 0 Å². The summed E-state index contributed by atoms with van der Waals surface area (Å²) in [5.41, 5.74) is 4.55. The van der Waals surface area contributed by atoms with Gasteiger partial charge in [0.1, 0.15) is 5.69 Å². The maximum absolute atomic E-state index is 9.96. The van der Waals surface area contributed by atoms with Crippen molar-refractivity contribution in [2.75, 3.05) is 24.8 Å². The monoisotopic (exact) mass is 377 g/mol. The fourth-order valence-electron chi connectivity index (χ4n) is 4.08. The Bertz CT molecular complexity index is 1200. The van der Waals surface area contributed by atoms with Gasteiger partial charge in [-0.1, -0.05) is 0 Å². The van der Waals surface area contributed by atoms with Crippen molar-refractivity contribution in [3.63, 3.8) is 0 Å². The van der Waals surface area contributed by atoms with E-state index in [1.54, 1.807) is 0 Å². The molecule has 0 saturated carbocycles. The van der Waals surface area contributed by atoms with E-state index in [9.17, 15) is 5.11 Å². The number of aromatic amines is 2. The molecule has 2 aliphatic rings. The molecule has 2 aromatic heterocycles. The Labute approximate surface area is 160 Å². The van der Waals surface area contributed by atoms with Gasteiger partial charge in [0.2, 0.25) is 6.79 Å². The van der Waals surface area contributed by atoms with Crippen molar-refractivity contribution < 1.29 is 14.6 Å². The number of aromatic nitrogens is 4. The van der Waals surface area contributed by atoms with E-state index < -0.39 is 0 Å². The molecule has 142 valence electrons. The molecule has 2 aliphatic heterocycles. The van der Waals surface area contributed by atoms with Crippen LogP contribution >= 0.6 is 0 Å². The third kappa shape index (κ3) is 2.41. The van der Waals surface area contributed by atoms with Crippen LogP contribution in [0.4, 0.5) is 5.69 Å². The first-order valence-electron chi connectivity index (χ1n) is 9.45. The van der Waals surface area contributed by atoms with E-state index in [1.165, 1.54) is 0 Å². The van der Waals surface area contributed by atoms with Crippen molar-refractivity contribution in [2.24, 2.45) is 0 Å². The Hall–Kier alpha value is -3.26. The van der Waals surface area contributed by atoms with Crippen molar-refractivity contribution in [3.8, 4) is 23.0 Å². The maximum atomic E-state index is 9.96. The highest BCUT2D eigenvalue weighted by molar-refractivity contribution is 5.95. The molecule has 1 atom stereocenters. The summed E-state index contributed by atoms with van der Waals surface area (Å²) < 4.78 is 10.9. The minimum Gasteiger partial charge on any atom is -0.454 e. The molecule has 28 heavy (non-hydrogen) atoms. The number of hydrogen-bond donors (Lipinski definition) is 3. The van der Waals surface area contributed by atoms with Gasteiger partial charge in [0.05, 0.1) is 22.7 Å². The molecule has 3 N–H and O–H groups in total. The molecule has 2 aromatic carbocycles. The van der Waals surface area contributed by atoms with E-state index in [0.29, 0.717) is 12.4 Å². The molecule has 1 fully saturated rings. The number of H-pyrrole nitrogens is 2. The number of fused-ring (bicyclic) bond motifs is 3. The van der Waals surface area contributed by atoms with E-state index in [4.69, 9.17) is 14.5 Å². The minimum atomic E-state index is -0.259. The molecule has 0 aliphatic carbocycles. The van der Waals surface area contributed by atoms with Crippen LogP contribution in [0.3, 0.4) is 0 Å². The lowest BCUT2D eigenvalue weighted by Gasteiger charge is -2.31. The zero-order valence-corrected chi connectivity index (χ0v) is 15.1. The van der Waals surface area contributed by atoms with Gasteiger partial charge in [0, 0.05) is 30.2 Å². The molecule has 6 rings (SSSR count). The van der Waals surface area contributed by atoms with E-state index in [1.807, 2.05) is 18.2 Å². The maximum Gasteiger partial charge on any atom is 0.231 e. The first-order chi connectivity index (χ1) is 13.7. The largest absolute Gasteiger partial charge is 0.454 e. The topological polar surface area (TPSA) is 99.3 Å². The van der Waals surface area contributed by atoms with Gasteiger partial charge in [-0.15, -0.1) is 0 Å². The standard InChI is InChI=1S/C20H19N5O3/c26-12-2-1-5-25(9-12)11-3-4-14-16(6-11)22-20(21-14)19-13-7-17-18(28-10-27-17)8-15(13)23-24-19/h3-4,6-8,12,26H,1-2,5,9-10H2,(H,21,22)(H,23,24). The number of ether oxygens (including phenoxy) is 2. The fourth-order valence-corrected chi connectivity index (χ4v) is 4.08. The average Bonchev–Trinajstić information content (AvgIpc) is 3.42. The highest BCUT2D eigenvalue weighted by atomic mass is 16.7. The van der Waals surface area contributed by atoms with Gasteiger partial charge in [0.25, 0.3) is 0 Å². The van der Waals surface area contributed by atoms with Gasteiger partial charge >= 0.3 is 0 Å². The quantitative estimate of drug-likeness (QED) is 0.497. The summed E-state index contributed by atoms with van der Waals surface area (Å²) in [5.74, 6) is 2.15. The van der Waals surface area contributed by atoms with Crippen molar-refractivity contribution >= 4 is 27.6 Å². The van der Waals surface area contributed by atoms with E-state index >= 15 is 0 Å². The van der Waals surface area contributed by atoms with E-state index in [-0.39, 0.29) is 12.9 Å². The fraction of sp³-hybridized carbons (Fsp3) is 0.300. The SMILES string of the molecule is OC1CCCN(c2ccc3nc(-c4n[nH]c5cc6c(cc45)OCO6)[nH]c3c2)C1. The number of β-amino-alcohol motifs (C(OH)–C–C–N with tert-alkyl or cyclic N) is 1. The second kappa shape index (κ2) is 5.87. The molecule has 1 saturated heterocycles. The Morgan fingerprint density at radius 3 is 2.89 bits per heavy atom. The van der Waals surface area contributed by atoms with E-state index in [2.05, 4.69) is 32.2 Å². The zero-order chi connectivity index (χ0) is 18.7. The normalized spacial score (nSPS) is 19.0. The van der Waals surface area contributed by atoms with Crippen LogP contribution in [0.5, 0.6) is 11.5 Å². The number of hydrogen-bond acceptors (Lipinski definition) is 6. The number of aliphatic hydroxyl groups excluding tert-OH is 1. The molecule has 0 spiro atoms. The summed E-state index contributed by atoms with van der Waals surface area (Å²) in [6.07, 6.45) is 1.62. The van der Waals surface area contributed by atoms with Crippen LogP contribution in [0, 0.1) is 0 Å². The summed E-state index contributed by atoms with van der Waals surface area (Å²) >= 11 is 0. The lowest BCUT2D eigenvalue weighted by molar-refractivity contribution is 0.154.